The Bertz CT molecular complexity index is 768. The smallest absolute Gasteiger partial charge is 0.335 e. The summed E-state index contributed by atoms with van der Waals surface area (Å²) in [6.07, 6.45) is 0. The van der Waals surface area contributed by atoms with Crippen molar-refractivity contribution in [2.75, 3.05) is 44.2 Å². The van der Waals surface area contributed by atoms with Crippen molar-refractivity contribution in [3.63, 3.8) is 0 Å². The fourth-order valence-corrected chi connectivity index (χ4v) is 3.30. The van der Waals surface area contributed by atoms with E-state index in [-0.39, 0.29) is 5.56 Å². The van der Waals surface area contributed by atoms with E-state index in [1.807, 2.05) is 0 Å². The summed E-state index contributed by atoms with van der Waals surface area (Å²) in [6.45, 7) is 9.79. The van der Waals surface area contributed by atoms with Gasteiger partial charge in [0.1, 0.15) is 12.4 Å². The molecule has 138 valence electrons. The summed E-state index contributed by atoms with van der Waals surface area (Å²) >= 11 is 0. The maximum Gasteiger partial charge on any atom is 0.335 e. The highest BCUT2D eigenvalue weighted by molar-refractivity contribution is 5.88. The van der Waals surface area contributed by atoms with E-state index in [1.54, 1.807) is 24.3 Å². The number of nitrogens with zero attached hydrogens (tertiary/aromatic N) is 2. The summed E-state index contributed by atoms with van der Waals surface area (Å²) in [6, 6.07) is 13.1. The normalized spacial score (nSPS) is 15.1. The van der Waals surface area contributed by atoms with E-state index in [0.29, 0.717) is 12.4 Å². The first-order valence-electron chi connectivity index (χ1n) is 9.04. The average Bonchev–Trinajstić information content (AvgIpc) is 2.65. The van der Waals surface area contributed by atoms with Gasteiger partial charge in [0, 0.05) is 38.4 Å². The van der Waals surface area contributed by atoms with Crippen molar-refractivity contribution in [2.24, 2.45) is 0 Å². The number of carbonyl (C=O) groups is 1. The maximum atomic E-state index is 11.0. The van der Waals surface area contributed by atoms with Gasteiger partial charge in [-0.15, -0.1) is 0 Å². The maximum absolute atomic E-state index is 11.0. The topological polar surface area (TPSA) is 53.0 Å². The number of benzene rings is 2. The Kier molecular flexibility index (Phi) is 5.78. The van der Waals surface area contributed by atoms with Gasteiger partial charge in [-0.3, -0.25) is 4.90 Å². The number of aromatic carboxylic acids is 1. The lowest BCUT2D eigenvalue weighted by Gasteiger charge is -2.37. The number of hydrogen-bond donors (Lipinski definition) is 1. The standard InChI is InChI=1S/C21H26N2O3/c1-16-5-3-8-20(17(16)2)23-11-9-22(10-12-23)13-14-26-19-7-4-6-18(15-19)21(24)25/h3-8,15H,9-14H2,1-2H3,(H,24,25). The van der Waals surface area contributed by atoms with Crippen LogP contribution in [0.4, 0.5) is 5.69 Å². The van der Waals surface area contributed by atoms with E-state index in [9.17, 15) is 4.79 Å². The molecule has 26 heavy (non-hydrogen) atoms. The van der Waals surface area contributed by atoms with Crippen LogP contribution in [0.2, 0.25) is 0 Å². The molecule has 5 heteroatoms. The molecule has 1 fully saturated rings. The van der Waals surface area contributed by atoms with Crippen molar-refractivity contribution >= 4 is 11.7 Å². The Balaban J connectivity index is 1.46. The third-order valence-corrected chi connectivity index (χ3v) is 5.05. The third-order valence-electron chi connectivity index (χ3n) is 5.05. The number of hydrogen-bond acceptors (Lipinski definition) is 4. The molecule has 2 aromatic carbocycles. The van der Waals surface area contributed by atoms with Crippen LogP contribution in [0.15, 0.2) is 42.5 Å². The second-order valence-corrected chi connectivity index (χ2v) is 6.73. The molecule has 0 unspecified atom stereocenters. The minimum atomic E-state index is -0.932. The Morgan fingerprint density at radius 2 is 1.81 bits per heavy atom. The molecule has 0 bridgehead atoms. The van der Waals surface area contributed by atoms with E-state index in [1.165, 1.54) is 16.8 Å². The Morgan fingerprint density at radius 1 is 1.08 bits per heavy atom. The molecule has 0 spiro atoms. The zero-order valence-corrected chi connectivity index (χ0v) is 15.4. The third kappa shape index (κ3) is 4.35. The number of aryl methyl sites for hydroxylation is 1. The van der Waals surface area contributed by atoms with Crippen LogP contribution in [-0.4, -0.2) is 55.3 Å². The van der Waals surface area contributed by atoms with Crippen molar-refractivity contribution in [2.45, 2.75) is 13.8 Å². The van der Waals surface area contributed by atoms with Gasteiger partial charge >= 0.3 is 5.97 Å². The lowest BCUT2D eigenvalue weighted by Crippen LogP contribution is -2.47. The Hall–Kier alpha value is -2.53. The zero-order valence-electron chi connectivity index (χ0n) is 15.4. The van der Waals surface area contributed by atoms with Gasteiger partial charge in [-0.05, 0) is 49.2 Å². The highest BCUT2D eigenvalue weighted by Gasteiger charge is 2.18. The average molecular weight is 354 g/mol. The summed E-state index contributed by atoms with van der Waals surface area (Å²) < 4.78 is 5.73. The predicted octanol–water partition coefficient (Wildman–Crippen LogP) is 3.20. The summed E-state index contributed by atoms with van der Waals surface area (Å²) in [5, 5.41) is 9.03. The number of carboxylic acids is 1. The molecular formula is C21H26N2O3. The van der Waals surface area contributed by atoms with Crippen molar-refractivity contribution in [3.05, 3.63) is 59.2 Å². The number of rotatable bonds is 6. The fraction of sp³-hybridized carbons (Fsp3) is 0.381. The van der Waals surface area contributed by atoms with Crippen LogP contribution in [-0.2, 0) is 0 Å². The molecule has 0 aromatic heterocycles. The van der Waals surface area contributed by atoms with Gasteiger partial charge in [0.2, 0.25) is 0 Å². The molecule has 2 aromatic rings. The summed E-state index contributed by atoms with van der Waals surface area (Å²) in [4.78, 5) is 15.8. The van der Waals surface area contributed by atoms with Crippen LogP contribution < -0.4 is 9.64 Å². The lowest BCUT2D eigenvalue weighted by atomic mass is 10.1. The number of piperazine rings is 1. The first-order chi connectivity index (χ1) is 12.5. The van der Waals surface area contributed by atoms with Crippen LogP contribution in [0.1, 0.15) is 21.5 Å². The molecule has 1 heterocycles. The van der Waals surface area contributed by atoms with Crippen molar-refractivity contribution < 1.29 is 14.6 Å². The molecule has 1 saturated heterocycles. The minimum Gasteiger partial charge on any atom is -0.492 e. The number of anilines is 1. The first kappa shape index (κ1) is 18.3. The van der Waals surface area contributed by atoms with Crippen molar-refractivity contribution in [3.8, 4) is 5.75 Å². The van der Waals surface area contributed by atoms with E-state index in [2.05, 4.69) is 41.8 Å². The van der Waals surface area contributed by atoms with E-state index in [4.69, 9.17) is 9.84 Å². The van der Waals surface area contributed by atoms with Crippen molar-refractivity contribution in [1.29, 1.82) is 0 Å². The molecule has 0 saturated carbocycles. The van der Waals surface area contributed by atoms with Gasteiger partial charge in [-0.1, -0.05) is 18.2 Å². The molecule has 5 nitrogen and oxygen atoms in total. The zero-order chi connectivity index (χ0) is 18.5. The van der Waals surface area contributed by atoms with Gasteiger partial charge in [-0.25, -0.2) is 4.79 Å². The van der Waals surface area contributed by atoms with Crippen LogP contribution >= 0.6 is 0 Å². The quantitative estimate of drug-likeness (QED) is 0.863. The lowest BCUT2D eigenvalue weighted by molar-refractivity contribution is 0.0696. The fourth-order valence-electron chi connectivity index (χ4n) is 3.30. The molecule has 0 amide bonds. The van der Waals surface area contributed by atoms with Gasteiger partial charge in [-0.2, -0.15) is 0 Å². The number of carboxylic acid groups (broad SMARTS) is 1. The minimum absolute atomic E-state index is 0.254. The Labute approximate surface area is 154 Å². The van der Waals surface area contributed by atoms with E-state index in [0.717, 1.165) is 32.7 Å². The SMILES string of the molecule is Cc1cccc(N2CCN(CCOc3cccc(C(=O)O)c3)CC2)c1C. The van der Waals surface area contributed by atoms with Gasteiger partial charge < -0.3 is 14.7 Å². The summed E-state index contributed by atoms with van der Waals surface area (Å²) in [5.74, 6) is -0.322. The van der Waals surface area contributed by atoms with Gasteiger partial charge in [0.25, 0.3) is 0 Å². The molecule has 0 aliphatic carbocycles. The molecule has 1 N–H and O–H groups in total. The number of ether oxygens (including phenoxy) is 1. The van der Waals surface area contributed by atoms with Crippen LogP contribution in [0.5, 0.6) is 5.75 Å². The van der Waals surface area contributed by atoms with E-state index >= 15 is 0 Å². The van der Waals surface area contributed by atoms with Gasteiger partial charge in [0.15, 0.2) is 0 Å². The van der Waals surface area contributed by atoms with Crippen LogP contribution in [0.3, 0.4) is 0 Å². The van der Waals surface area contributed by atoms with Gasteiger partial charge in [0.05, 0.1) is 5.56 Å². The van der Waals surface area contributed by atoms with Crippen LogP contribution in [0.25, 0.3) is 0 Å². The molecule has 1 aliphatic rings. The molecule has 0 radical (unpaired) electrons. The van der Waals surface area contributed by atoms with Crippen LogP contribution in [0, 0.1) is 13.8 Å². The highest BCUT2D eigenvalue weighted by Crippen LogP contribution is 2.23. The molecule has 3 rings (SSSR count). The second-order valence-electron chi connectivity index (χ2n) is 6.73. The molecular weight excluding hydrogens is 328 g/mol. The highest BCUT2D eigenvalue weighted by atomic mass is 16.5. The predicted molar refractivity (Wildman–Crippen MR) is 103 cm³/mol. The summed E-state index contributed by atoms with van der Waals surface area (Å²) in [5.41, 5.74) is 4.29. The largest absolute Gasteiger partial charge is 0.492 e. The van der Waals surface area contributed by atoms with Crippen molar-refractivity contribution in [1.82, 2.24) is 4.90 Å². The monoisotopic (exact) mass is 354 g/mol. The Morgan fingerprint density at radius 3 is 2.54 bits per heavy atom. The summed E-state index contributed by atoms with van der Waals surface area (Å²) in [7, 11) is 0. The van der Waals surface area contributed by atoms with E-state index < -0.39 is 5.97 Å². The second kappa shape index (κ2) is 8.23. The molecule has 1 aliphatic heterocycles. The first-order valence-corrected chi connectivity index (χ1v) is 9.04. The molecule has 0 atom stereocenters.